The summed E-state index contributed by atoms with van der Waals surface area (Å²) in [7, 11) is 0. The van der Waals surface area contributed by atoms with Gasteiger partial charge in [-0.3, -0.25) is 14.9 Å². The molecule has 1 aromatic heterocycles. The third kappa shape index (κ3) is 2.44. The van der Waals surface area contributed by atoms with Crippen LogP contribution in [0.2, 0.25) is 0 Å². The first-order chi connectivity index (χ1) is 8.08. The number of aromatic amines is 1. The molecule has 1 unspecified atom stereocenters. The third-order valence-corrected chi connectivity index (χ3v) is 2.79. The molecule has 92 valence electrons. The quantitative estimate of drug-likeness (QED) is 0.580. The number of rotatable bonds is 2. The Morgan fingerprint density at radius 2 is 2.41 bits per heavy atom. The van der Waals surface area contributed by atoms with Gasteiger partial charge in [0.05, 0.1) is 17.2 Å². The lowest BCUT2D eigenvalue weighted by molar-refractivity contribution is -0.384. The van der Waals surface area contributed by atoms with Crippen LogP contribution in [-0.4, -0.2) is 45.0 Å². The van der Waals surface area contributed by atoms with E-state index in [0.29, 0.717) is 13.0 Å². The number of β-amino-alcohol motifs (C(OH)–C–C–N with tert-alkyl or cyclic N) is 1. The van der Waals surface area contributed by atoms with Crippen molar-refractivity contribution in [2.45, 2.75) is 18.9 Å². The molecule has 0 aromatic carbocycles. The number of aromatic nitrogens is 1. The molecule has 17 heavy (non-hydrogen) atoms. The summed E-state index contributed by atoms with van der Waals surface area (Å²) in [5, 5.41) is 19.9. The zero-order chi connectivity index (χ0) is 12.4. The van der Waals surface area contributed by atoms with Crippen LogP contribution in [0.25, 0.3) is 0 Å². The van der Waals surface area contributed by atoms with Gasteiger partial charge in [0.15, 0.2) is 0 Å². The van der Waals surface area contributed by atoms with Crippen LogP contribution in [0.15, 0.2) is 12.3 Å². The molecule has 0 radical (unpaired) electrons. The Bertz CT molecular complexity index is 443. The molecule has 0 aliphatic carbocycles. The number of piperidine rings is 1. The van der Waals surface area contributed by atoms with Crippen molar-refractivity contribution in [1.82, 2.24) is 9.88 Å². The van der Waals surface area contributed by atoms with E-state index in [4.69, 9.17) is 0 Å². The van der Waals surface area contributed by atoms with Gasteiger partial charge in [0, 0.05) is 19.2 Å². The normalized spacial score (nSPS) is 20.3. The van der Waals surface area contributed by atoms with Crippen molar-refractivity contribution in [3.8, 4) is 0 Å². The molecule has 0 spiro atoms. The molecule has 1 aromatic rings. The highest BCUT2D eigenvalue weighted by atomic mass is 16.6. The van der Waals surface area contributed by atoms with Crippen LogP contribution in [0.4, 0.5) is 5.69 Å². The molecule has 1 saturated heterocycles. The smallest absolute Gasteiger partial charge is 0.287 e. The van der Waals surface area contributed by atoms with E-state index >= 15 is 0 Å². The molecular formula is C10H13N3O4. The van der Waals surface area contributed by atoms with Gasteiger partial charge in [0.25, 0.3) is 11.6 Å². The van der Waals surface area contributed by atoms with Crippen LogP contribution in [0, 0.1) is 10.1 Å². The molecule has 7 heteroatoms. The topological polar surface area (TPSA) is 99.5 Å². The van der Waals surface area contributed by atoms with E-state index in [2.05, 4.69) is 4.98 Å². The van der Waals surface area contributed by atoms with Crippen molar-refractivity contribution in [3.05, 3.63) is 28.1 Å². The van der Waals surface area contributed by atoms with Gasteiger partial charge < -0.3 is 15.0 Å². The molecule has 2 rings (SSSR count). The number of carbonyl (C=O) groups excluding carboxylic acids is 1. The lowest BCUT2D eigenvalue weighted by Gasteiger charge is -2.29. The average molecular weight is 239 g/mol. The maximum atomic E-state index is 11.9. The second-order valence-electron chi connectivity index (χ2n) is 4.08. The van der Waals surface area contributed by atoms with Crippen LogP contribution < -0.4 is 0 Å². The lowest BCUT2D eigenvalue weighted by atomic mass is 10.1. The fourth-order valence-electron chi connectivity index (χ4n) is 1.92. The number of nitro groups is 1. The molecule has 1 amide bonds. The molecule has 2 heterocycles. The second-order valence-corrected chi connectivity index (χ2v) is 4.08. The Balaban J connectivity index is 2.10. The van der Waals surface area contributed by atoms with Crippen molar-refractivity contribution in [2.24, 2.45) is 0 Å². The minimum atomic E-state index is -0.557. The van der Waals surface area contributed by atoms with Gasteiger partial charge in [-0.05, 0) is 12.8 Å². The Hall–Kier alpha value is -1.89. The SMILES string of the molecule is O=C(c1cc([N+](=O)[O-])c[nH]1)N1CCCC(O)C1. The Kier molecular flexibility index (Phi) is 3.10. The summed E-state index contributed by atoms with van der Waals surface area (Å²) in [6.45, 7) is 0.856. The van der Waals surface area contributed by atoms with Crippen molar-refractivity contribution in [1.29, 1.82) is 0 Å². The standard InChI is InChI=1S/C10H13N3O4/c14-8-2-1-3-12(6-8)10(15)9-4-7(5-11-9)13(16)17/h4-5,8,11,14H,1-3,6H2. The van der Waals surface area contributed by atoms with Gasteiger partial charge in [0.2, 0.25) is 0 Å². The number of hydrogen-bond acceptors (Lipinski definition) is 4. The first-order valence-corrected chi connectivity index (χ1v) is 5.38. The van der Waals surface area contributed by atoms with E-state index in [1.165, 1.54) is 17.2 Å². The molecule has 0 saturated carbocycles. The van der Waals surface area contributed by atoms with Gasteiger partial charge in [0.1, 0.15) is 5.69 Å². The van der Waals surface area contributed by atoms with Crippen LogP contribution in [0.3, 0.4) is 0 Å². The molecule has 2 N–H and O–H groups in total. The largest absolute Gasteiger partial charge is 0.391 e. The van der Waals surface area contributed by atoms with E-state index in [1.807, 2.05) is 0 Å². The molecular weight excluding hydrogens is 226 g/mol. The lowest BCUT2D eigenvalue weighted by Crippen LogP contribution is -2.42. The number of nitrogens with zero attached hydrogens (tertiary/aromatic N) is 2. The summed E-state index contributed by atoms with van der Waals surface area (Å²) >= 11 is 0. The van der Waals surface area contributed by atoms with Crippen LogP contribution in [0.1, 0.15) is 23.3 Å². The van der Waals surface area contributed by atoms with E-state index in [9.17, 15) is 20.0 Å². The molecule has 1 atom stereocenters. The number of aliphatic hydroxyl groups is 1. The summed E-state index contributed by atoms with van der Waals surface area (Å²) in [5.41, 5.74) is 0.0525. The number of aliphatic hydroxyl groups excluding tert-OH is 1. The predicted molar refractivity (Wildman–Crippen MR) is 58.6 cm³/mol. The van der Waals surface area contributed by atoms with Gasteiger partial charge in [-0.2, -0.15) is 0 Å². The minimum Gasteiger partial charge on any atom is -0.391 e. The molecule has 1 aliphatic rings. The van der Waals surface area contributed by atoms with E-state index in [1.54, 1.807) is 0 Å². The zero-order valence-corrected chi connectivity index (χ0v) is 9.13. The van der Waals surface area contributed by atoms with Crippen molar-refractivity contribution < 1.29 is 14.8 Å². The zero-order valence-electron chi connectivity index (χ0n) is 9.13. The number of amides is 1. The number of H-pyrrole nitrogens is 1. The van der Waals surface area contributed by atoms with E-state index < -0.39 is 11.0 Å². The second kappa shape index (κ2) is 4.54. The number of nitrogens with one attached hydrogen (secondary N) is 1. The monoisotopic (exact) mass is 239 g/mol. The van der Waals surface area contributed by atoms with E-state index in [-0.39, 0.29) is 23.8 Å². The number of hydrogen-bond donors (Lipinski definition) is 2. The first kappa shape index (κ1) is 11.6. The number of likely N-dealkylation sites (tertiary alicyclic amines) is 1. The predicted octanol–water partition coefficient (Wildman–Crippen LogP) is 0.520. The minimum absolute atomic E-state index is 0.133. The maximum Gasteiger partial charge on any atom is 0.287 e. The van der Waals surface area contributed by atoms with Crippen LogP contribution in [0.5, 0.6) is 0 Å². The van der Waals surface area contributed by atoms with Crippen molar-refractivity contribution in [3.63, 3.8) is 0 Å². The fraction of sp³-hybridized carbons (Fsp3) is 0.500. The van der Waals surface area contributed by atoms with Gasteiger partial charge >= 0.3 is 0 Å². The summed E-state index contributed by atoms with van der Waals surface area (Å²) in [5.74, 6) is -0.308. The molecule has 1 fully saturated rings. The van der Waals surface area contributed by atoms with Crippen molar-refractivity contribution >= 4 is 11.6 Å². The van der Waals surface area contributed by atoms with Gasteiger partial charge in [-0.1, -0.05) is 0 Å². The fourth-order valence-corrected chi connectivity index (χ4v) is 1.92. The van der Waals surface area contributed by atoms with Crippen LogP contribution >= 0.6 is 0 Å². The Labute approximate surface area is 97.2 Å². The van der Waals surface area contributed by atoms with Gasteiger partial charge in [-0.25, -0.2) is 0 Å². The molecule has 0 bridgehead atoms. The van der Waals surface area contributed by atoms with Crippen molar-refractivity contribution in [2.75, 3.05) is 13.1 Å². The van der Waals surface area contributed by atoms with Gasteiger partial charge in [-0.15, -0.1) is 0 Å². The third-order valence-electron chi connectivity index (χ3n) is 2.79. The summed E-state index contributed by atoms with van der Waals surface area (Å²) in [6, 6.07) is 1.21. The van der Waals surface area contributed by atoms with Crippen LogP contribution in [-0.2, 0) is 0 Å². The number of carbonyl (C=O) groups is 1. The highest BCUT2D eigenvalue weighted by Crippen LogP contribution is 2.17. The Morgan fingerprint density at radius 1 is 1.65 bits per heavy atom. The molecule has 1 aliphatic heterocycles. The highest BCUT2D eigenvalue weighted by Gasteiger charge is 2.25. The maximum absolute atomic E-state index is 11.9. The first-order valence-electron chi connectivity index (χ1n) is 5.38. The summed E-state index contributed by atoms with van der Waals surface area (Å²) in [6.07, 6.45) is 2.12. The van der Waals surface area contributed by atoms with E-state index in [0.717, 1.165) is 6.42 Å². The summed E-state index contributed by atoms with van der Waals surface area (Å²) < 4.78 is 0. The molecule has 7 nitrogen and oxygen atoms in total. The average Bonchev–Trinajstić information content (AvgIpc) is 2.77. The summed E-state index contributed by atoms with van der Waals surface area (Å²) in [4.78, 5) is 26.0. The highest BCUT2D eigenvalue weighted by molar-refractivity contribution is 5.93. The Morgan fingerprint density at radius 3 is 3.00 bits per heavy atom.